The molecule has 1 aromatic heterocycles. The Balaban J connectivity index is 1.78. The molecule has 0 unspecified atom stereocenters. The summed E-state index contributed by atoms with van der Waals surface area (Å²) >= 11 is 1.56. The van der Waals surface area contributed by atoms with Gasteiger partial charge in [-0.15, -0.1) is 0 Å². The molecule has 0 amide bonds. The summed E-state index contributed by atoms with van der Waals surface area (Å²) in [4.78, 5) is 10.3. The number of nitriles is 1. The SMILES string of the molecule is C=Cc1ccccc1N(Cc1nc2ccc(C#N)cc2[nH]1)c1cccc(NSC)c1. The Hall–Kier alpha value is -3.69. The third-order valence-corrected chi connectivity index (χ3v) is 5.23. The zero-order valence-electron chi connectivity index (χ0n) is 16.6. The lowest BCUT2D eigenvalue weighted by Crippen LogP contribution is -2.18. The van der Waals surface area contributed by atoms with Crippen LogP contribution in [-0.2, 0) is 6.54 Å². The van der Waals surface area contributed by atoms with Gasteiger partial charge < -0.3 is 14.6 Å². The van der Waals surface area contributed by atoms with Crippen molar-refractivity contribution in [3.63, 3.8) is 0 Å². The lowest BCUT2D eigenvalue weighted by molar-refractivity contribution is 0.902. The van der Waals surface area contributed by atoms with Gasteiger partial charge in [0.25, 0.3) is 0 Å². The van der Waals surface area contributed by atoms with Crippen molar-refractivity contribution < 1.29 is 0 Å². The van der Waals surface area contributed by atoms with Crippen LogP contribution >= 0.6 is 11.9 Å². The Kier molecular flexibility index (Phi) is 5.73. The van der Waals surface area contributed by atoms with E-state index in [1.807, 2.05) is 48.7 Å². The van der Waals surface area contributed by atoms with Crippen molar-refractivity contribution in [1.82, 2.24) is 9.97 Å². The smallest absolute Gasteiger partial charge is 0.127 e. The van der Waals surface area contributed by atoms with Crippen molar-refractivity contribution in [3.8, 4) is 6.07 Å². The number of aromatic nitrogens is 2. The monoisotopic (exact) mass is 411 g/mol. The number of nitrogens with one attached hydrogen (secondary N) is 2. The lowest BCUT2D eigenvalue weighted by Gasteiger charge is -2.26. The van der Waals surface area contributed by atoms with E-state index in [1.165, 1.54) is 0 Å². The number of imidazole rings is 1. The highest BCUT2D eigenvalue weighted by atomic mass is 32.2. The van der Waals surface area contributed by atoms with E-state index in [9.17, 15) is 0 Å². The molecule has 0 saturated carbocycles. The van der Waals surface area contributed by atoms with Gasteiger partial charge in [-0.3, -0.25) is 0 Å². The van der Waals surface area contributed by atoms with Crippen LogP contribution in [0.2, 0.25) is 0 Å². The van der Waals surface area contributed by atoms with E-state index >= 15 is 0 Å². The first kappa shape index (κ1) is 19.6. The molecule has 0 aliphatic heterocycles. The Labute approximate surface area is 180 Å². The molecule has 4 rings (SSSR count). The van der Waals surface area contributed by atoms with Crippen LogP contribution in [0, 0.1) is 11.3 Å². The van der Waals surface area contributed by atoms with E-state index in [-0.39, 0.29) is 0 Å². The molecule has 148 valence electrons. The molecule has 0 bridgehead atoms. The number of hydrogen-bond donors (Lipinski definition) is 2. The van der Waals surface area contributed by atoms with Crippen LogP contribution in [0.4, 0.5) is 17.1 Å². The first-order valence-corrected chi connectivity index (χ1v) is 10.7. The molecule has 0 spiro atoms. The zero-order chi connectivity index (χ0) is 20.9. The van der Waals surface area contributed by atoms with Gasteiger partial charge in [0.15, 0.2) is 0 Å². The number of hydrogen-bond acceptors (Lipinski definition) is 5. The Bertz CT molecular complexity index is 1240. The average molecular weight is 412 g/mol. The van der Waals surface area contributed by atoms with Crippen LogP contribution in [0.3, 0.4) is 0 Å². The Morgan fingerprint density at radius 3 is 2.83 bits per heavy atom. The van der Waals surface area contributed by atoms with E-state index < -0.39 is 0 Å². The molecule has 0 saturated heterocycles. The van der Waals surface area contributed by atoms with Crippen LogP contribution in [0.5, 0.6) is 0 Å². The predicted octanol–water partition coefficient (Wildman–Crippen LogP) is 6.11. The minimum Gasteiger partial charge on any atom is -0.340 e. The second kappa shape index (κ2) is 8.76. The largest absolute Gasteiger partial charge is 0.340 e. The van der Waals surface area contributed by atoms with E-state index in [0.29, 0.717) is 12.1 Å². The number of aromatic amines is 1. The van der Waals surface area contributed by atoms with Crippen molar-refractivity contribution in [2.75, 3.05) is 15.9 Å². The van der Waals surface area contributed by atoms with Crippen LogP contribution in [0.15, 0.2) is 73.3 Å². The molecule has 0 atom stereocenters. The highest BCUT2D eigenvalue weighted by Gasteiger charge is 2.16. The summed E-state index contributed by atoms with van der Waals surface area (Å²) in [5, 5.41) is 9.16. The maximum absolute atomic E-state index is 9.16. The number of nitrogens with zero attached hydrogens (tertiary/aromatic N) is 3. The standard InChI is InChI=1S/C24H21N5S/c1-3-18-7-4-5-10-23(18)29(20-9-6-8-19(14-20)28-30-2)16-24-26-21-12-11-17(15-25)13-22(21)27-24/h3-14,28H,1,16H2,2H3,(H,26,27). The van der Waals surface area contributed by atoms with Gasteiger partial charge in [-0.05, 0) is 48.0 Å². The van der Waals surface area contributed by atoms with Crippen molar-refractivity contribution in [3.05, 3.63) is 90.3 Å². The normalized spacial score (nSPS) is 10.5. The van der Waals surface area contributed by atoms with Crippen molar-refractivity contribution in [2.45, 2.75) is 6.54 Å². The van der Waals surface area contributed by atoms with Crippen LogP contribution in [-0.4, -0.2) is 16.2 Å². The van der Waals surface area contributed by atoms with E-state index in [4.69, 9.17) is 10.2 Å². The molecule has 2 N–H and O–H groups in total. The lowest BCUT2D eigenvalue weighted by atomic mass is 10.1. The van der Waals surface area contributed by atoms with Gasteiger partial charge in [-0.2, -0.15) is 5.26 Å². The van der Waals surface area contributed by atoms with E-state index in [0.717, 1.165) is 39.5 Å². The molecule has 6 heteroatoms. The van der Waals surface area contributed by atoms with Gasteiger partial charge in [0.1, 0.15) is 5.82 Å². The summed E-state index contributed by atoms with van der Waals surface area (Å²) in [5.74, 6) is 0.821. The van der Waals surface area contributed by atoms with Crippen LogP contribution in [0.25, 0.3) is 17.1 Å². The third-order valence-electron chi connectivity index (χ3n) is 4.79. The van der Waals surface area contributed by atoms with Crippen LogP contribution < -0.4 is 9.62 Å². The van der Waals surface area contributed by atoms with E-state index in [1.54, 1.807) is 18.0 Å². The number of anilines is 3. The molecule has 30 heavy (non-hydrogen) atoms. The minimum absolute atomic E-state index is 0.546. The second-order valence-electron chi connectivity index (χ2n) is 6.73. The third kappa shape index (κ3) is 4.02. The van der Waals surface area contributed by atoms with Gasteiger partial charge in [-0.25, -0.2) is 4.98 Å². The fraction of sp³-hybridized carbons (Fsp3) is 0.0833. The maximum atomic E-state index is 9.16. The first-order chi connectivity index (χ1) is 14.7. The summed E-state index contributed by atoms with van der Waals surface area (Å²) < 4.78 is 3.30. The Morgan fingerprint density at radius 1 is 1.17 bits per heavy atom. The van der Waals surface area contributed by atoms with Gasteiger partial charge in [0.2, 0.25) is 0 Å². The molecule has 0 radical (unpaired) electrons. The molecule has 4 aromatic rings. The number of H-pyrrole nitrogens is 1. The highest BCUT2D eigenvalue weighted by Crippen LogP contribution is 2.33. The molecule has 0 aliphatic carbocycles. The van der Waals surface area contributed by atoms with Gasteiger partial charge in [0, 0.05) is 23.3 Å². The molecule has 3 aromatic carbocycles. The van der Waals surface area contributed by atoms with Crippen molar-refractivity contribution in [1.29, 1.82) is 5.26 Å². The van der Waals surface area contributed by atoms with Gasteiger partial charge in [-0.1, -0.05) is 48.9 Å². The van der Waals surface area contributed by atoms with Gasteiger partial charge in [0.05, 0.1) is 29.2 Å². The molecule has 5 nitrogen and oxygen atoms in total. The molecular weight excluding hydrogens is 390 g/mol. The van der Waals surface area contributed by atoms with Gasteiger partial charge >= 0.3 is 0 Å². The number of para-hydroxylation sites is 1. The van der Waals surface area contributed by atoms with Crippen LogP contribution in [0.1, 0.15) is 17.0 Å². The minimum atomic E-state index is 0.546. The number of benzene rings is 3. The fourth-order valence-electron chi connectivity index (χ4n) is 3.43. The molecule has 1 heterocycles. The zero-order valence-corrected chi connectivity index (χ0v) is 17.4. The Morgan fingerprint density at radius 2 is 2.03 bits per heavy atom. The topological polar surface area (TPSA) is 67.7 Å². The van der Waals surface area contributed by atoms with E-state index in [2.05, 4.69) is 51.5 Å². The number of fused-ring (bicyclic) bond motifs is 1. The van der Waals surface area contributed by atoms with Crippen molar-refractivity contribution in [2.24, 2.45) is 0 Å². The second-order valence-corrected chi connectivity index (χ2v) is 7.35. The first-order valence-electron chi connectivity index (χ1n) is 9.48. The summed E-state index contributed by atoms with van der Waals surface area (Å²) in [6.07, 6.45) is 3.87. The fourth-order valence-corrected chi connectivity index (χ4v) is 3.80. The summed E-state index contributed by atoms with van der Waals surface area (Å²) in [6, 6.07) is 24.1. The molecule has 0 aliphatic rings. The summed E-state index contributed by atoms with van der Waals surface area (Å²) in [7, 11) is 0. The molecule has 0 fully saturated rings. The number of rotatable bonds is 7. The molecular formula is C24H21N5S. The van der Waals surface area contributed by atoms with Crippen molar-refractivity contribution >= 4 is 46.1 Å². The summed E-state index contributed by atoms with van der Waals surface area (Å²) in [5.41, 5.74) is 6.49. The predicted molar refractivity (Wildman–Crippen MR) is 127 cm³/mol. The quantitative estimate of drug-likeness (QED) is 0.359. The summed E-state index contributed by atoms with van der Waals surface area (Å²) in [6.45, 7) is 4.52. The average Bonchev–Trinajstić information content (AvgIpc) is 3.19. The highest BCUT2D eigenvalue weighted by molar-refractivity contribution is 7.99. The maximum Gasteiger partial charge on any atom is 0.127 e.